The lowest BCUT2D eigenvalue weighted by Crippen LogP contribution is -2.44. The molecule has 31 nitrogen and oxygen atoms in total. The summed E-state index contributed by atoms with van der Waals surface area (Å²) in [6, 6.07) is 70.6. The number of hydrogen-bond donors (Lipinski definition) is 8. The van der Waals surface area contributed by atoms with Crippen molar-refractivity contribution in [3.05, 3.63) is 243 Å². The van der Waals surface area contributed by atoms with E-state index in [0.29, 0.717) is 17.6 Å². The van der Waals surface area contributed by atoms with Gasteiger partial charge in [-0.2, -0.15) is 14.0 Å². The van der Waals surface area contributed by atoms with Crippen molar-refractivity contribution in [3.8, 4) is 97.2 Å². The minimum Gasteiger partial charge on any atom is -0.508 e. The summed E-state index contributed by atoms with van der Waals surface area (Å²) in [5.74, 6) is 4.57. The summed E-state index contributed by atoms with van der Waals surface area (Å²) in [5.41, 5.74) is 19.4. The van der Waals surface area contributed by atoms with E-state index in [4.69, 9.17) is 14.7 Å². The van der Waals surface area contributed by atoms with Gasteiger partial charge in [0.05, 0.1) is 59.3 Å². The molecule has 0 spiro atoms. The summed E-state index contributed by atoms with van der Waals surface area (Å²) in [7, 11) is 12.2. The lowest BCUT2D eigenvalue weighted by molar-refractivity contribution is 0.313. The summed E-state index contributed by atoms with van der Waals surface area (Å²) in [4.78, 5) is 40.0. The molecule has 20 aromatic rings. The number of para-hydroxylation sites is 3. The zero-order chi connectivity index (χ0) is 87.2. The SMILES string of the molecule is CN(C)CCCn1cc(-c2cnnn2-c2cc3ccccc3[nH]2)c2cc(O)ccc21.CN1CCN(c2cccc3[nH]c(-n4cc(-c5ccc6cc(O)ccc6c5)nn4)cc23)CC1.CN1CCN(c2cccc3[nH]c(-n4cc(-c5ccc6cc(O)ccc6c5)nn4)nc23)CC1.COc1cc(O)ccc1-c1ccc2c(c1)nnn2-c1nc2c(N3CCN(C)CC3)cccc2[nH]1. The van der Waals surface area contributed by atoms with Crippen molar-refractivity contribution < 1.29 is 25.2 Å². The minimum absolute atomic E-state index is 0.161. The van der Waals surface area contributed by atoms with E-state index in [2.05, 4.69) is 208 Å². The third kappa shape index (κ3) is 16.5. The molecule has 0 bridgehead atoms. The maximum absolute atomic E-state index is 10.1. The Morgan fingerprint density at radius 3 is 1.58 bits per heavy atom. The average molecular weight is 1710 g/mol. The molecule has 11 aromatic carbocycles. The molecule has 0 unspecified atom stereocenters. The second-order valence-electron chi connectivity index (χ2n) is 33.3. The van der Waals surface area contributed by atoms with Gasteiger partial charge in [-0.15, -0.1) is 20.4 Å². The molecule has 0 saturated carbocycles. The van der Waals surface area contributed by atoms with Crippen LogP contribution in [0.4, 0.5) is 17.1 Å². The van der Waals surface area contributed by atoms with Crippen molar-refractivity contribution in [2.75, 3.05) is 142 Å². The molecule has 128 heavy (non-hydrogen) atoms. The van der Waals surface area contributed by atoms with Gasteiger partial charge in [0.1, 0.15) is 68.3 Å². The number of piperazine rings is 3. The van der Waals surface area contributed by atoms with Crippen LogP contribution in [-0.4, -0.2) is 262 Å². The summed E-state index contributed by atoms with van der Waals surface area (Å²) in [6.07, 6.45) is 8.78. The van der Waals surface area contributed by atoms with Crippen LogP contribution in [-0.2, 0) is 6.54 Å². The predicted molar refractivity (Wildman–Crippen MR) is 504 cm³/mol. The van der Waals surface area contributed by atoms with Gasteiger partial charge in [0.2, 0.25) is 11.9 Å². The number of rotatable bonds is 16. The van der Waals surface area contributed by atoms with Crippen LogP contribution >= 0.6 is 0 Å². The molecule has 3 fully saturated rings. The number of anilines is 3. The predicted octanol–water partition coefficient (Wildman–Crippen LogP) is 14.9. The van der Waals surface area contributed by atoms with E-state index in [9.17, 15) is 20.4 Å². The first-order chi connectivity index (χ1) is 62.5. The number of aromatic hydroxyl groups is 4. The number of phenolic OH excluding ortho intramolecular Hbond substituents is 4. The molecule has 12 heterocycles. The molecule has 23 rings (SSSR count). The Labute approximate surface area is 735 Å². The molecule has 8 N–H and O–H groups in total. The number of phenols is 4. The standard InChI is InChI=1S/C25H25N7O2.C25H24N6O.C24H23N7O.C23H24N6O/c1-30-10-12-31(13-11-30)22-5-3-4-19-24(22)27-25(26-19)32-21-9-6-16(14-20(21)28-29-32)18-8-7-17(33)15-23(18)34-2;1-29-9-11-30(12-10-29)24-4-2-3-22-21(24)15-25(26-22)31-16-23(27-28-31)19-6-5-18-14-20(32)8-7-17(18)13-19;1-29-9-11-30(12-10-29)22-4-2-3-20-23(22)26-24(25-20)31-15-21(27-28-31)18-6-5-17-14-19(32)8-7-16(17)13-18;1-27(2)10-5-11-28-15-19(18-13-17(30)8-9-21(18)28)22-14-24-26-29(22)23-12-16-6-3-4-7-20(16)25-23/h3-9,14-15,33H,10-13H2,1-2H3,(H,26,27);2-8,13-16,26,32H,9-12H2,1H3;2-8,13-15,32H,9-12H2,1H3,(H,25,26);3-4,6-9,12-15,25,30H,5,10-11H2,1-2H3. The maximum atomic E-state index is 10.1. The highest BCUT2D eigenvalue weighted by molar-refractivity contribution is 5.98. The number of nitrogens with one attached hydrogen (secondary N) is 4. The fourth-order valence-corrected chi connectivity index (χ4v) is 17.4. The van der Waals surface area contributed by atoms with Crippen molar-refractivity contribution >= 4 is 104 Å². The molecule has 0 aliphatic carbocycles. The summed E-state index contributed by atoms with van der Waals surface area (Å²) < 4.78 is 14.7. The smallest absolute Gasteiger partial charge is 0.231 e. The number of imidazole rings is 2. The monoisotopic (exact) mass is 1700 g/mol. The normalized spacial score (nSPS) is 14.3. The highest BCUT2D eigenvalue weighted by Gasteiger charge is 2.26. The van der Waals surface area contributed by atoms with Gasteiger partial charge < -0.3 is 84.0 Å². The lowest BCUT2D eigenvalue weighted by Gasteiger charge is -2.34. The fourth-order valence-electron chi connectivity index (χ4n) is 17.4. The second-order valence-corrected chi connectivity index (χ2v) is 33.3. The first-order valence-electron chi connectivity index (χ1n) is 42.9. The highest BCUT2D eigenvalue weighted by Crippen LogP contribution is 2.39. The molecule has 31 heteroatoms. The van der Waals surface area contributed by atoms with E-state index >= 15 is 0 Å². The topological polar surface area (TPSA) is 330 Å². The minimum atomic E-state index is 0.161. The highest BCUT2D eigenvalue weighted by atomic mass is 16.5. The van der Waals surface area contributed by atoms with Crippen LogP contribution in [0.3, 0.4) is 0 Å². The van der Waals surface area contributed by atoms with Crippen LogP contribution in [0, 0.1) is 0 Å². The first-order valence-corrected chi connectivity index (χ1v) is 42.9. The Kier molecular flexibility index (Phi) is 21.9. The van der Waals surface area contributed by atoms with Crippen LogP contribution in [0.5, 0.6) is 28.7 Å². The molecule has 3 aliphatic rings. The van der Waals surface area contributed by atoms with Crippen LogP contribution < -0.4 is 19.4 Å². The van der Waals surface area contributed by atoms with Gasteiger partial charge in [-0.3, -0.25) is 0 Å². The Morgan fingerprint density at radius 1 is 0.398 bits per heavy atom. The molecule has 644 valence electrons. The Balaban J connectivity index is 0.000000107. The number of aromatic amines is 4. The van der Waals surface area contributed by atoms with Gasteiger partial charge in [-0.25, -0.2) is 14.6 Å². The van der Waals surface area contributed by atoms with Gasteiger partial charge in [0.15, 0.2) is 0 Å². The number of nitrogens with zero attached hydrogens (tertiary/aromatic N) is 22. The van der Waals surface area contributed by atoms with Gasteiger partial charge in [0, 0.05) is 158 Å². The van der Waals surface area contributed by atoms with Crippen molar-refractivity contribution in [2.45, 2.75) is 13.0 Å². The van der Waals surface area contributed by atoms with Gasteiger partial charge >= 0.3 is 0 Å². The zero-order valence-electron chi connectivity index (χ0n) is 71.7. The summed E-state index contributed by atoms with van der Waals surface area (Å²) in [5, 5.41) is 81.4. The Bertz CT molecular complexity index is 7170. The largest absolute Gasteiger partial charge is 0.508 e. The Hall–Kier alpha value is -15.4. The summed E-state index contributed by atoms with van der Waals surface area (Å²) in [6.45, 7) is 14.2. The lowest BCUT2D eigenvalue weighted by atomic mass is 10.0. The van der Waals surface area contributed by atoms with Crippen LogP contribution in [0.15, 0.2) is 243 Å². The molecular formula is C97H96N26O5. The third-order valence-electron chi connectivity index (χ3n) is 24.4. The van der Waals surface area contributed by atoms with Crippen molar-refractivity contribution in [3.63, 3.8) is 0 Å². The second kappa shape index (κ2) is 34.6. The van der Waals surface area contributed by atoms with Crippen molar-refractivity contribution in [2.24, 2.45) is 0 Å². The number of aromatic nitrogens is 19. The number of fused-ring (bicyclic) bond motifs is 8. The van der Waals surface area contributed by atoms with Crippen LogP contribution in [0.1, 0.15) is 6.42 Å². The quantitative estimate of drug-likeness (QED) is 0.0445. The van der Waals surface area contributed by atoms with Gasteiger partial charge in [0.25, 0.3) is 0 Å². The number of aryl methyl sites for hydroxylation is 1. The molecular weight excluding hydrogens is 1610 g/mol. The number of ether oxygens (including phenoxy) is 1. The Morgan fingerprint density at radius 2 is 0.930 bits per heavy atom. The van der Waals surface area contributed by atoms with Gasteiger partial charge in [-0.1, -0.05) is 99.7 Å². The van der Waals surface area contributed by atoms with E-state index in [0.717, 1.165) is 248 Å². The number of methoxy groups -OCH3 is 1. The molecule has 3 saturated heterocycles. The summed E-state index contributed by atoms with van der Waals surface area (Å²) >= 11 is 0. The van der Waals surface area contributed by atoms with Gasteiger partial charge in [-0.05, 0) is 209 Å². The zero-order valence-corrected chi connectivity index (χ0v) is 71.7. The maximum Gasteiger partial charge on any atom is 0.231 e. The molecule has 3 aliphatic heterocycles. The number of likely N-dealkylation sites (N-methyl/N-ethyl adjacent to an activating group) is 3. The average Bonchev–Trinajstić information content (AvgIpc) is 1.61. The van der Waals surface area contributed by atoms with E-state index < -0.39 is 0 Å². The van der Waals surface area contributed by atoms with Crippen LogP contribution in [0.2, 0.25) is 0 Å². The van der Waals surface area contributed by atoms with E-state index in [1.54, 1.807) is 69.8 Å². The number of benzene rings is 11. The van der Waals surface area contributed by atoms with Crippen molar-refractivity contribution in [1.29, 1.82) is 0 Å². The molecule has 0 radical (unpaired) electrons. The van der Waals surface area contributed by atoms with Crippen molar-refractivity contribution in [1.82, 2.24) is 114 Å². The molecule has 0 amide bonds. The van der Waals surface area contributed by atoms with E-state index in [1.807, 2.05) is 126 Å². The third-order valence-corrected chi connectivity index (χ3v) is 24.4. The number of H-pyrrole nitrogens is 4. The molecule has 0 atom stereocenters. The number of hydrogen-bond acceptors (Lipinski definition) is 22. The first kappa shape index (κ1) is 80.9. The van der Waals surface area contributed by atoms with Crippen LogP contribution in [0.25, 0.3) is 156 Å². The fraction of sp³-hybridized carbons (Fsp3) is 0.216. The molecule has 9 aromatic heterocycles. The van der Waals surface area contributed by atoms with E-state index in [1.165, 1.54) is 11.1 Å². The van der Waals surface area contributed by atoms with E-state index in [-0.39, 0.29) is 23.0 Å².